The lowest BCUT2D eigenvalue weighted by Gasteiger charge is -2.24. The highest BCUT2D eigenvalue weighted by atomic mass is 32.2. The topological polar surface area (TPSA) is 83.5 Å². The van der Waals surface area contributed by atoms with Crippen molar-refractivity contribution < 1.29 is 23.9 Å². The fourth-order valence-electron chi connectivity index (χ4n) is 2.04. The Balaban J connectivity index is 2.93. The van der Waals surface area contributed by atoms with Crippen molar-refractivity contribution in [1.82, 2.24) is 5.32 Å². The van der Waals surface area contributed by atoms with Gasteiger partial charge in [0, 0.05) is 12.7 Å². The van der Waals surface area contributed by atoms with Gasteiger partial charge in [0.15, 0.2) is 5.12 Å². The number of amides is 1. The summed E-state index contributed by atoms with van der Waals surface area (Å²) < 4.78 is 13.0. The largest absolute Gasteiger partial charge is 0.480 e. The van der Waals surface area contributed by atoms with Crippen molar-refractivity contribution in [2.75, 3.05) is 5.75 Å². The summed E-state index contributed by atoms with van der Waals surface area (Å²) in [5.74, 6) is -2.61. The van der Waals surface area contributed by atoms with E-state index in [9.17, 15) is 18.8 Å². The molecule has 0 saturated heterocycles. The predicted octanol–water partition coefficient (Wildman–Crippen LogP) is 2.41. The number of carboxylic acid groups (broad SMARTS) is 1. The van der Waals surface area contributed by atoms with Gasteiger partial charge in [-0.1, -0.05) is 30.8 Å². The standard InChI is InChI=1S/C16H20FNO4S/c1-9(12-4-6-13(17)7-5-12)14(8-23-11(3)19)15(20)18-10(2)16(21)22/h4-7,9-10,14H,8H2,1-3H3,(H,18,20)(H,21,22). The van der Waals surface area contributed by atoms with E-state index >= 15 is 0 Å². The van der Waals surface area contributed by atoms with Gasteiger partial charge in [-0.05, 0) is 30.5 Å². The van der Waals surface area contributed by atoms with E-state index in [4.69, 9.17) is 5.11 Å². The van der Waals surface area contributed by atoms with E-state index in [0.29, 0.717) is 0 Å². The molecule has 0 aromatic heterocycles. The van der Waals surface area contributed by atoms with Crippen molar-refractivity contribution in [3.63, 3.8) is 0 Å². The Kier molecular flexibility index (Phi) is 7.22. The number of aliphatic carboxylic acids is 1. The van der Waals surface area contributed by atoms with Crippen LogP contribution in [0.4, 0.5) is 4.39 Å². The van der Waals surface area contributed by atoms with E-state index in [-0.39, 0.29) is 22.6 Å². The first-order valence-electron chi connectivity index (χ1n) is 7.14. The van der Waals surface area contributed by atoms with Gasteiger partial charge < -0.3 is 10.4 Å². The molecule has 3 atom stereocenters. The van der Waals surface area contributed by atoms with Crippen LogP contribution in [-0.4, -0.2) is 33.9 Å². The van der Waals surface area contributed by atoms with Crippen molar-refractivity contribution in [1.29, 1.82) is 0 Å². The van der Waals surface area contributed by atoms with Gasteiger partial charge >= 0.3 is 5.97 Å². The molecule has 0 aliphatic rings. The lowest BCUT2D eigenvalue weighted by Crippen LogP contribution is -2.43. The first kappa shape index (κ1) is 19.2. The fourth-order valence-corrected chi connectivity index (χ4v) is 2.89. The Morgan fingerprint density at radius 3 is 2.26 bits per heavy atom. The first-order chi connectivity index (χ1) is 10.7. The average molecular weight is 341 g/mol. The van der Waals surface area contributed by atoms with Gasteiger partial charge in [-0.25, -0.2) is 4.39 Å². The summed E-state index contributed by atoms with van der Waals surface area (Å²) in [6.07, 6.45) is 0. The van der Waals surface area contributed by atoms with E-state index in [0.717, 1.165) is 17.3 Å². The van der Waals surface area contributed by atoms with Gasteiger partial charge in [-0.3, -0.25) is 14.4 Å². The summed E-state index contributed by atoms with van der Waals surface area (Å²) in [6, 6.07) is 4.75. The van der Waals surface area contributed by atoms with Crippen LogP contribution in [0.3, 0.4) is 0 Å². The maximum Gasteiger partial charge on any atom is 0.325 e. The number of carboxylic acids is 1. The Labute approximate surface area is 138 Å². The number of rotatable bonds is 7. The molecular formula is C16H20FNO4S. The summed E-state index contributed by atoms with van der Waals surface area (Å²) in [5, 5.41) is 11.2. The van der Waals surface area contributed by atoms with Gasteiger partial charge in [0.05, 0.1) is 5.92 Å². The van der Waals surface area contributed by atoms with Gasteiger partial charge in [-0.2, -0.15) is 0 Å². The number of hydrogen-bond acceptors (Lipinski definition) is 4. The lowest BCUT2D eigenvalue weighted by atomic mass is 9.88. The maximum absolute atomic E-state index is 13.0. The van der Waals surface area contributed by atoms with Crippen LogP contribution >= 0.6 is 11.8 Å². The third kappa shape index (κ3) is 6.02. The minimum absolute atomic E-state index is 0.125. The summed E-state index contributed by atoms with van der Waals surface area (Å²) in [6.45, 7) is 4.57. The molecule has 5 nitrogen and oxygen atoms in total. The molecule has 1 amide bonds. The predicted molar refractivity (Wildman–Crippen MR) is 86.7 cm³/mol. The van der Waals surface area contributed by atoms with Gasteiger partial charge in [0.1, 0.15) is 11.9 Å². The Bertz CT molecular complexity index is 576. The van der Waals surface area contributed by atoms with E-state index < -0.39 is 23.8 Å². The maximum atomic E-state index is 13.0. The molecule has 0 aliphatic heterocycles. The third-order valence-corrected chi connectivity index (χ3v) is 4.46. The van der Waals surface area contributed by atoms with Crippen molar-refractivity contribution in [2.45, 2.75) is 32.7 Å². The van der Waals surface area contributed by atoms with Gasteiger partial charge in [-0.15, -0.1) is 0 Å². The quantitative estimate of drug-likeness (QED) is 0.796. The number of carbonyl (C=O) groups is 3. The first-order valence-corrected chi connectivity index (χ1v) is 8.13. The molecule has 1 rings (SSSR count). The average Bonchev–Trinajstić information content (AvgIpc) is 2.47. The monoisotopic (exact) mass is 341 g/mol. The number of hydrogen-bond donors (Lipinski definition) is 2. The zero-order valence-corrected chi connectivity index (χ0v) is 14.0. The highest BCUT2D eigenvalue weighted by Gasteiger charge is 2.29. The van der Waals surface area contributed by atoms with E-state index in [1.807, 2.05) is 0 Å². The van der Waals surface area contributed by atoms with Crippen LogP contribution in [0.2, 0.25) is 0 Å². The zero-order valence-electron chi connectivity index (χ0n) is 13.2. The summed E-state index contributed by atoms with van der Waals surface area (Å²) in [5.41, 5.74) is 0.749. The molecule has 1 aromatic carbocycles. The highest BCUT2D eigenvalue weighted by molar-refractivity contribution is 8.13. The van der Waals surface area contributed by atoms with Crippen LogP contribution < -0.4 is 5.32 Å². The molecule has 1 aromatic rings. The summed E-state index contributed by atoms with van der Waals surface area (Å²) in [4.78, 5) is 34.5. The Hall–Kier alpha value is -1.89. The third-order valence-electron chi connectivity index (χ3n) is 3.53. The van der Waals surface area contributed by atoms with E-state index in [2.05, 4.69) is 5.32 Å². The summed E-state index contributed by atoms with van der Waals surface area (Å²) in [7, 11) is 0. The van der Waals surface area contributed by atoms with Crippen LogP contribution in [0.15, 0.2) is 24.3 Å². The molecule has 0 fully saturated rings. The second kappa shape index (κ2) is 8.67. The molecule has 0 radical (unpaired) electrons. The minimum Gasteiger partial charge on any atom is -0.480 e. The van der Waals surface area contributed by atoms with Crippen molar-refractivity contribution in [3.8, 4) is 0 Å². The molecule has 0 spiro atoms. The summed E-state index contributed by atoms with van der Waals surface area (Å²) >= 11 is 1.01. The van der Waals surface area contributed by atoms with Crippen LogP contribution in [0.1, 0.15) is 32.3 Å². The van der Waals surface area contributed by atoms with Crippen LogP contribution in [0.25, 0.3) is 0 Å². The number of nitrogens with one attached hydrogen (secondary N) is 1. The number of thioether (sulfide) groups is 1. The molecule has 0 bridgehead atoms. The normalized spacial score (nSPS) is 14.6. The van der Waals surface area contributed by atoms with Crippen molar-refractivity contribution in [2.24, 2.45) is 5.92 Å². The van der Waals surface area contributed by atoms with E-state index in [1.54, 1.807) is 19.1 Å². The number of halogens is 1. The Morgan fingerprint density at radius 2 is 1.78 bits per heavy atom. The smallest absolute Gasteiger partial charge is 0.325 e. The zero-order chi connectivity index (χ0) is 17.6. The Morgan fingerprint density at radius 1 is 1.22 bits per heavy atom. The molecule has 23 heavy (non-hydrogen) atoms. The lowest BCUT2D eigenvalue weighted by molar-refractivity contribution is -0.141. The highest BCUT2D eigenvalue weighted by Crippen LogP contribution is 2.28. The minimum atomic E-state index is -1.13. The van der Waals surface area contributed by atoms with Crippen LogP contribution in [-0.2, 0) is 14.4 Å². The van der Waals surface area contributed by atoms with Crippen molar-refractivity contribution >= 4 is 28.8 Å². The van der Waals surface area contributed by atoms with E-state index in [1.165, 1.54) is 26.0 Å². The molecule has 126 valence electrons. The van der Waals surface area contributed by atoms with Gasteiger partial charge in [0.25, 0.3) is 0 Å². The van der Waals surface area contributed by atoms with Crippen molar-refractivity contribution in [3.05, 3.63) is 35.6 Å². The molecule has 3 unspecified atom stereocenters. The fraction of sp³-hybridized carbons (Fsp3) is 0.438. The second-order valence-corrected chi connectivity index (χ2v) is 6.51. The molecule has 0 heterocycles. The molecule has 0 aliphatic carbocycles. The number of carbonyl (C=O) groups excluding carboxylic acids is 2. The molecule has 2 N–H and O–H groups in total. The second-order valence-electron chi connectivity index (χ2n) is 5.32. The van der Waals surface area contributed by atoms with Crippen LogP contribution in [0, 0.1) is 11.7 Å². The van der Waals surface area contributed by atoms with Crippen LogP contribution in [0.5, 0.6) is 0 Å². The number of benzene rings is 1. The SMILES string of the molecule is CC(=O)SCC(C(=O)NC(C)C(=O)O)C(C)c1ccc(F)cc1. The molecule has 7 heteroatoms. The molecular weight excluding hydrogens is 321 g/mol. The van der Waals surface area contributed by atoms with Gasteiger partial charge in [0.2, 0.25) is 5.91 Å². The molecule has 0 saturated carbocycles.